The van der Waals surface area contributed by atoms with E-state index in [1.54, 1.807) is 18.7 Å². The Hall–Kier alpha value is -1.40. The van der Waals surface area contributed by atoms with E-state index in [4.69, 9.17) is 0 Å². The van der Waals surface area contributed by atoms with Crippen LogP contribution in [-0.4, -0.2) is 28.4 Å². The van der Waals surface area contributed by atoms with Gasteiger partial charge in [0.2, 0.25) is 11.8 Å². The summed E-state index contributed by atoms with van der Waals surface area (Å²) < 4.78 is 0. The summed E-state index contributed by atoms with van der Waals surface area (Å²) in [6, 6.07) is 0. The highest BCUT2D eigenvalue weighted by atomic mass is 32.1. The summed E-state index contributed by atoms with van der Waals surface area (Å²) in [4.78, 5) is 26.3. The SMILES string of the molecule is CC(=O)N1CCc2c(sc(NC(=O)C(C)C)c2C(C)O)C1. The van der Waals surface area contributed by atoms with Gasteiger partial charge < -0.3 is 15.3 Å². The third-order valence-electron chi connectivity index (χ3n) is 3.72. The third kappa shape index (κ3) is 3.27. The summed E-state index contributed by atoms with van der Waals surface area (Å²) in [6.07, 6.45) is 0.0970. The monoisotopic (exact) mass is 310 g/mol. The van der Waals surface area contributed by atoms with Crippen molar-refractivity contribution in [3.8, 4) is 0 Å². The van der Waals surface area contributed by atoms with Gasteiger partial charge in [-0.1, -0.05) is 13.8 Å². The van der Waals surface area contributed by atoms with Crippen molar-refractivity contribution in [1.82, 2.24) is 4.90 Å². The first kappa shape index (κ1) is 16.0. The molecule has 2 N–H and O–H groups in total. The number of rotatable bonds is 3. The Morgan fingerprint density at radius 2 is 2.00 bits per heavy atom. The van der Waals surface area contributed by atoms with E-state index in [1.165, 1.54) is 11.3 Å². The van der Waals surface area contributed by atoms with E-state index in [-0.39, 0.29) is 17.7 Å². The van der Waals surface area contributed by atoms with Crippen LogP contribution < -0.4 is 5.32 Å². The van der Waals surface area contributed by atoms with Crippen LogP contribution in [0.5, 0.6) is 0 Å². The van der Waals surface area contributed by atoms with Crippen LogP contribution in [0.4, 0.5) is 5.00 Å². The Morgan fingerprint density at radius 3 is 2.52 bits per heavy atom. The summed E-state index contributed by atoms with van der Waals surface area (Å²) >= 11 is 1.47. The number of carbonyl (C=O) groups excluding carboxylic acids is 2. The maximum atomic E-state index is 11.9. The molecule has 0 radical (unpaired) electrons. The van der Waals surface area contributed by atoms with E-state index in [0.29, 0.717) is 13.1 Å². The van der Waals surface area contributed by atoms with Crippen molar-refractivity contribution in [3.05, 3.63) is 16.0 Å². The minimum absolute atomic E-state index is 0.0559. The lowest BCUT2D eigenvalue weighted by atomic mass is 9.99. The number of hydrogen-bond donors (Lipinski definition) is 2. The lowest BCUT2D eigenvalue weighted by Gasteiger charge is -2.26. The van der Waals surface area contributed by atoms with E-state index >= 15 is 0 Å². The molecule has 1 aromatic heterocycles. The molecule has 1 aromatic rings. The molecule has 21 heavy (non-hydrogen) atoms. The number of nitrogens with one attached hydrogen (secondary N) is 1. The molecule has 5 nitrogen and oxygen atoms in total. The molecule has 1 unspecified atom stereocenters. The maximum absolute atomic E-state index is 11.9. The van der Waals surface area contributed by atoms with Gasteiger partial charge in [-0.05, 0) is 18.9 Å². The van der Waals surface area contributed by atoms with E-state index in [2.05, 4.69) is 5.32 Å². The van der Waals surface area contributed by atoms with Gasteiger partial charge in [0.25, 0.3) is 0 Å². The zero-order chi connectivity index (χ0) is 15.7. The van der Waals surface area contributed by atoms with E-state index in [9.17, 15) is 14.7 Å². The highest BCUT2D eigenvalue weighted by molar-refractivity contribution is 7.16. The van der Waals surface area contributed by atoms with Gasteiger partial charge in [-0.25, -0.2) is 0 Å². The number of nitrogens with zero attached hydrogens (tertiary/aromatic N) is 1. The average Bonchev–Trinajstić information content (AvgIpc) is 2.74. The summed E-state index contributed by atoms with van der Waals surface area (Å²) in [6.45, 7) is 8.17. The molecule has 2 rings (SSSR count). The largest absolute Gasteiger partial charge is 0.389 e. The highest BCUT2D eigenvalue weighted by Crippen LogP contribution is 2.40. The lowest BCUT2D eigenvalue weighted by Crippen LogP contribution is -2.33. The number of carbonyl (C=O) groups is 2. The lowest BCUT2D eigenvalue weighted by molar-refractivity contribution is -0.129. The molecule has 0 aliphatic carbocycles. The minimum Gasteiger partial charge on any atom is -0.389 e. The molecule has 6 heteroatoms. The summed E-state index contributed by atoms with van der Waals surface area (Å²) in [7, 11) is 0. The molecular weight excluding hydrogens is 288 g/mol. The second-order valence-electron chi connectivity index (χ2n) is 5.76. The van der Waals surface area contributed by atoms with E-state index in [1.807, 2.05) is 13.8 Å². The first-order chi connectivity index (χ1) is 9.81. The van der Waals surface area contributed by atoms with Gasteiger partial charge in [-0.3, -0.25) is 9.59 Å². The normalized spacial score (nSPS) is 15.8. The number of fused-ring (bicyclic) bond motifs is 1. The molecule has 0 aromatic carbocycles. The molecule has 0 saturated heterocycles. The second kappa shape index (κ2) is 6.15. The van der Waals surface area contributed by atoms with Crippen molar-refractivity contribution in [1.29, 1.82) is 0 Å². The van der Waals surface area contributed by atoms with Crippen LogP contribution in [0, 0.1) is 5.92 Å². The fourth-order valence-corrected chi connectivity index (χ4v) is 3.85. The standard InChI is InChI=1S/C15H22N2O3S/c1-8(2)14(20)16-15-13(9(3)18)11-5-6-17(10(4)19)7-12(11)21-15/h8-9,18H,5-7H2,1-4H3,(H,16,20). The first-order valence-electron chi connectivity index (χ1n) is 7.20. The Bertz CT molecular complexity index is 564. The van der Waals surface area contributed by atoms with Gasteiger partial charge in [0.05, 0.1) is 12.6 Å². The van der Waals surface area contributed by atoms with Crippen molar-refractivity contribution < 1.29 is 14.7 Å². The molecule has 2 amide bonds. The van der Waals surface area contributed by atoms with Crippen molar-refractivity contribution in [2.45, 2.75) is 46.8 Å². The second-order valence-corrected chi connectivity index (χ2v) is 6.86. The number of aliphatic hydroxyl groups excluding tert-OH is 1. The quantitative estimate of drug-likeness (QED) is 0.900. The van der Waals surface area contributed by atoms with Crippen molar-refractivity contribution >= 4 is 28.2 Å². The summed E-state index contributed by atoms with van der Waals surface area (Å²) in [5.41, 5.74) is 1.90. The summed E-state index contributed by atoms with van der Waals surface area (Å²) in [5, 5.41) is 13.7. The molecule has 1 atom stereocenters. The number of amides is 2. The Morgan fingerprint density at radius 1 is 1.33 bits per heavy atom. The Labute approximate surface area is 129 Å². The Kier molecular flexibility index (Phi) is 4.68. The zero-order valence-electron chi connectivity index (χ0n) is 12.9. The van der Waals surface area contributed by atoms with Crippen LogP contribution in [0.3, 0.4) is 0 Å². The van der Waals surface area contributed by atoms with Gasteiger partial charge in [0, 0.05) is 29.8 Å². The topological polar surface area (TPSA) is 69.6 Å². The fraction of sp³-hybridized carbons (Fsp3) is 0.600. The van der Waals surface area contributed by atoms with Crippen LogP contribution >= 0.6 is 11.3 Å². The molecule has 0 bridgehead atoms. The van der Waals surface area contributed by atoms with Crippen LogP contribution in [0.15, 0.2) is 0 Å². The number of hydrogen-bond acceptors (Lipinski definition) is 4. The molecule has 2 heterocycles. The predicted octanol–water partition coefficient (Wildman–Crippen LogP) is 2.30. The molecule has 1 aliphatic rings. The number of thiophene rings is 1. The molecule has 0 spiro atoms. The predicted molar refractivity (Wildman–Crippen MR) is 83.2 cm³/mol. The van der Waals surface area contributed by atoms with Gasteiger partial charge in [0.15, 0.2) is 0 Å². The number of anilines is 1. The van der Waals surface area contributed by atoms with E-state index < -0.39 is 6.10 Å². The third-order valence-corrected chi connectivity index (χ3v) is 4.87. The first-order valence-corrected chi connectivity index (χ1v) is 8.01. The highest BCUT2D eigenvalue weighted by Gasteiger charge is 2.28. The molecule has 116 valence electrons. The molecular formula is C15H22N2O3S. The smallest absolute Gasteiger partial charge is 0.227 e. The van der Waals surface area contributed by atoms with Crippen LogP contribution in [0.2, 0.25) is 0 Å². The van der Waals surface area contributed by atoms with Crippen LogP contribution in [0.25, 0.3) is 0 Å². The summed E-state index contributed by atoms with van der Waals surface area (Å²) in [5.74, 6) is -0.112. The zero-order valence-corrected chi connectivity index (χ0v) is 13.7. The molecule has 0 fully saturated rings. The average molecular weight is 310 g/mol. The van der Waals surface area contributed by atoms with Crippen molar-refractivity contribution in [2.24, 2.45) is 5.92 Å². The van der Waals surface area contributed by atoms with Crippen molar-refractivity contribution in [2.75, 3.05) is 11.9 Å². The van der Waals surface area contributed by atoms with Gasteiger partial charge in [0.1, 0.15) is 5.00 Å². The van der Waals surface area contributed by atoms with Crippen LogP contribution in [-0.2, 0) is 22.6 Å². The number of aliphatic hydroxyl groups is 1. The van der Waals surface area contributed by atoms with Gasteiger partial charge in [-0.2, -0.15) is 0 Å². The van der Waals surface area contributed by atoms with Crippen LogP contribution in [0.1, 0.15) is 49.8 Å². The van der Waals surface area contributed by atoms with Crippen molar-refractivity contribution in [3.63, 3.8) is 0 Å². The minimum atomic E-state index is -0.628. The van der Waals surface area contributed by atoms with E-state index in [0.717, 1.165) is 27.4 Å². The molecule has 0 saturated carbocycles. The maximum Gasteiger partial charge on any atom is 0.227 e. The Balaban J connectivity index is 2.35. The van der Waals surface area contributed by atoms with Gasteiger partial charge in [-0.15, -0.1) is 11.3 Å². The molecule has 1 aliphatic heterocycles. The fourth-order valence-electron chi connectivity index (χ4n) is 2.49. The van der Waals surface area contributed by atoms with Gasteiger partial charge >= 0.3 is 0 Å².